The van der Waals surface area contributed by atoms with Gasteiger partial charge in [0.25, 0.3) is 5.78 Å². The number of aliphatic hydroxyl groups excluding tert-OH is 1. The van der Waals surface area contributed by atoms with Crippen LogP contribution in [0.25, 0.3) is 5.76 Å². The van der Waals surface area contributed by atoms with Crippen molar-refractivity contribution >= 4 is 39.9 Å². The van der Waals surface area contributed by atoms with Gasteiger partial charge in [-0.3, -0.25) is 19.5 Å². The maximum atomic E-state index is 13.4. The van der Waals surface area contributed by atoms with Crippen LogP contribution in [0.4, 0.5) is 5.13 Å². The van der Waals surface area contributed by atoms with Crippen molar-refractivity contribution in [3.63, 3.8) is 0 Å². The van der Waals surface area contributed by atoms with Gasteiger partial charge in [-0.05, 0) is 55.3 Å². The first-order chi connectivity index (χ1) is 17.8. The number of ether oxygens (including phenoxy) is 2. The molecule has 1 fully saturated rings. The molecule has 1 amide bonds. The number of carbonyl (C=O) groups excluding carboxylic acids is 3. The van der Waals surface area contributed by atoms with Gasteiger partial charge in [-0.1, -0.05) is 24.0 Å². The molecule has 2 atom stereocenters. The van der Waals surface area contributed by atoms with Crippen LogP contribution < -0.4 is 9.64 Å². The third-order valence-electron chi connectivity index (χ3n) is 6.14. The lowest BCUT2D eigenvalue weighted by molar-refractivity contribution is -0.132. The average molecular weight is 518 g/mol. The van der Waals surface area contributed by atoms with Crippen LogP contribution in [0.1, 0.15) is 45.0 Å². The van der Waals surface area contributed by atoms with Crippen molar-refractivity contribution in [1.82, 2.24) is 9.97 Å². The third kappa shape index (κ3) is 4.29. The number of fused-ring (bicyclic) bond motifs is 1. The summed E-state index contributed by atoms with van der Waals surface area (Å²) in [6, 6.07) is 7.52. The molecule has 2 unspecified atom stereocenters. The minimum absolute atomic E-state index is 0.00954. The van der Waals surface area contributed by atoms with Gasteiger partial charge < -0.3 is 14.6 Å². The molecule has 2 aliphatic rings. The topological polar surface area (TPSA) is 119 Å². The van der Waals surface area contributed by atoms with E-state index in [0.717, 1.165) is 22.6 Å². The number of hydrogen-bond acceptors (Lipinski definition) is 9. The Morgan fingerprint density at radius 3 is 2.78 bits per heavy atom. The van der Waals surface area contributed by atoms with Crippen LogP contribution in [-0.2, 0) is 20.7 Å². The highest BCUT2D eigenvalue weighted by atomic mass is 32.1. The number of nitrogens with zero attached hydrogens (tertiary/aromatic N) is 3. The first-order valence-corrected chi connectivity index (χ1v) is 12.4. The van der Waals surface area contributed by atoms with Crippen LogP contribution in [0.3, 0.4) is 0 Å². The summed E-state index contributed by atoms with van der Waals surface area (Å²) < 4.78 is 10.9. The molecule has 0 spiro atoms. The van der Waals surface area contributed by atoms with Gasteiger partial charge >= 0.3 is 11.9 Å². The molecule has 0 radical (unpaired) electrons. The number of aliphatic hydroxyl groups is 1. The second kappa shape index (κ2) is 9.62. The third-order valence-corrected chi connectivity index (χ3v) is 7.28. The standard InChI is InChI=1S/C27H23N3O6S/c1-4-11-35-26(34)24-15(3)29-27(37-24)30-21(16-7-9-28-10-8-16)20(23(32)25(30)33)22(31)17-5-6-19-18(13-17)12-14(2)36-19/h4-10,13-14,21,31H,1,11-12H2,2-3H3/b22-20+. The highest BCUT2D eigenvalue weighted by molar-refractivity contribution is 7.17. The number of anilines is 1. The van der Waals surface area contributed by atoms with E-state index in [0.29, 0.717) is 23.2 Å². The monoisotopic (exact) mass is 517 g/mol. The Morgan fingerprint density at radius 1 is 1.30 bits per heavy atom. The number of carbonyl (C=O) groups is 3. The fraction of sp³-hybridized carbons (Fsp3) is 0.222. The Labute approximate surface area is 216 Å². The number of hydrogen-bond donors (Lipinski definition) is 1. The predicted octanol–water partition coefficient (Wildman–Crippen LogP) is 4.14. The molecule has 0 bridgehead atoms. The first kappa shape index (κ1) is 24.4. The van der Waals surface area contributed by atoms with Crippen molar-refractivity contribution in [3.05, 3.63) is 88.2 Å². The lowest BCUT2D eigenvalue weighted by atomic mass is 9.95. The summed E-state index contributed by atoms with van der Waals surface area (Å²) in [5.74, 6) is -1.89. The van der Waals surface area contributed by atoms with Gasteiger partial charge in [-0.2, -0.15) is 0 Å². The van der Waals surface area contributed by atoms with E-state index < -0.39 is 23.7 Å². The Hall–Kier alpha value is -4.31. The first-order valence-electron chi connectivity index (χ1n) is 11.6. The minimum atomic E-state index is -0.978. The highest BCUT2D eigenvalue weighted by Gasteiger charge is 2.48. The summed E-state index contributed by atoms with van der Waals surface area (Å²) in [7, 11) is 0. The molecule has 1 aromatic carbocycles. The number of aryl methyl sites for hydroxylation is 1. The molecule has 37 heavy (non-hydrogen) atoms. The van der Waals surface area contributed by atoms with Gasteiger partial charge in [0.15, 0.2) is 5.13 Å². The SMILES string of the molecule is C=CCOC(=O)c1sc(N2C(=O)C(=O)/C(=C(/O)c3ccc4c(c3)CC(C)O4)C2c2ccncc2)nc1C. The number of ketones is 1. The predicted molar refractivity (Wildman–Crippen MR) is 137 cm³/mol. The van der Waals surface area contributed by atoms with Crippen LogP contribution in [0.2, 0.25) is 0 Å². The van der Waals surface area contributed by atoms with Crippen molar-refractivity contribution in [2.24, 2.45) is 0 Å². The van der Waals surface area contributed by atoms with E-state index >= 15 is 0 Å². The molecule has 9 nitrogen and oxygen atoms in total. The molecule has 1 saturated heterocycles. The highest BCUT2D eigenvalue weighted by Crippen LogP contribution is 2.44. The summed E-state index contributed by atoms with van der Waals surface area (Å²) in [4.78, 5) is 49.1. The molecule has 0 aliphatic carbocycles. The molecule has 0 saturated carbocycles. The molecule has 10 heteroatoms. The van der Waals surface area contributed by atoms with Gasteiger partial charge in [0.05, 0.1) is 17.3 Å². The number of Topliss-reactive ketones (excluding diaryl/α,β-unsaturated/α-hetero) is 1. The van der Waals surface area contributed by atoms with Gasteiger partial charge in [-0.25, -0.2) is 9.78 Å². The summed E-state index contributed by atoms with van der Waals surface area (Å²) in [5, 5.41) is 11.5. The Morgan fingerprint density at radius 2 is 2.05 bits per heavy atom. The quantitative estimate of drug-likeness (QED) is 0.170. The molecular formula is C27H23N3O6S. The Balaban J connectivity index is 1.63. The molecule has 2 aliphatic heterocycles. The maximum absolute atomic E-state index is 13.4. The number of amides is 1. The molecule has 5 rings (SSSR count). The van der Waals surface area contributed by atoms with E-state index in [9.17, 15) is 19.5 Å². The lowest BCUT2D eigenvalue weighted by Gasteiger charge is -2.22. The number of benzene rings is 1. The lowest BCUT2D eigenvalue weighted by Crippen LogP contribution is -2.29. The minimum Gasteiger partial charge on any atom is -0.507 e. The largest absolute Gasteiger partial charge is 0.507 e. The zero-order valence-electron chi connectivity index (χ0n) is 20.1. The van der Waals surface area contributed by atoms with E-state index in [2.05, 4.69) is 16.5 Å². The number of rotatable bonds is 6. The summed E-state index contributed by atoms with van der Waals surface area (Å²) in [5.41, 5.74) is 2.14. The summed E-state index contributed by atoms with van der Waals surface area (Å²) in [6.07, 6.45) is 5.20. The zero-order valence-corrected chi connectivity index (χ0v) is 20.9. The van der Waals surface area contributed by atoms with Crippen molar-refractivity contribution in [1.29, 1.82) is 0 Å². The van der Waals surface area contributed by atoms with Gasteiger partial charge in [0, 0.05) is 24.4 Å². The summed E-state index contributed by atoms with van der Waals surface area (Å²) >= 11 is 0.942. The van der Waals surface area contributed by atoms with Crippen molar-refractivity contribution in [3.8, 4) is 5.75 Å². The van der Waals surface area contributed by atoms with Gasteiger partial charge in [-0.15, -0.1) is 0 Å². The van der Waals surface area contributed by atoms with Gasteiger partial charge in [0.2, 0.25) is 0 Å². The van der Waals surface area contributed by atoms with E-state index in [1.807, 2.05) is 6.92 Å². The number of esters is 1. The molecule has 1 N–H and O–H groups in total. The van der Waals surface area contributed by atoms with Crippen LogP contribution >= 0.6 is 11.3 Å². The van der Waals surface area contributed by atoms with E-state index in [-0.39, 0.29) is 34.1 Å². The summed E-state index contributed by atoms with van der Waals surface area (Å²) in [6.45, 7) is 7.13. The molecule has 4 heterocycles. The van der Waals surface area contributed by atoms with E-state index in [1.165, 1.54) is 23.4 Å². The Kier molecular flexibility index (Phi) is 6.34. The van der Waals surface area contributed by atoms with Crippen LogP contribution in [0.5, 0.6) is 5.75 Å². The number of aromatic nitrogens is 2. The maximum Gasteiger partial charge on any atom is 0.350 e. The molecular weight excluding hydrogens is 494 g/mol. The number of pyridine rings is 1. The smallest absolute Gasteiger partial charge is 0.350 e. The van der Waals surface area contributed by atoms with E-state index in [1.54, 1.807) is 37.3 Å². The van der Waals surface area contributed by atoms with Crippen LogP contribution in [-0.4, -0.2) is 45.4 Å². The Bertz CT molecular complexity index is 1460. The number of thiazole rings is 1. The van der Waals surface area contributed by atoms with Crippen molar-refractivity contribution < 1.29 is 29.0 Å². The normalized spacial score (nSPS) is 20.0. The molecule has 3 aromatic rings. The molecule has 2 aromatic heterocycles. The fourth-order valence-electron chi connectivity index (χ4n) is 4.49. The molecule has 188 valence electrons. The van der Waals surface area contributed by atoms with Crippen LogP contribution in [0.15, 0.2) is 61.0 Å². The van der Waals surface area contributed by atoms with Gasteiger partial charge in [0.1, 0.15) is 29.1 Å². The van der Waals surface area contributed by atoms with Crippen LogP contribution in [0, 0.1) is 6.92 Å². The fourth-order valence-corrected chi connectivity index (χ4v) is 5.48. The second-order valence-corrected chi connectivity index (χ2v) is 9.68. The zero-order chi connectivity index (χ0) is 26.3. The average Bonchev–Trinajstić information content (AvgIpc) is 3.54. The van der Waals surface area contributed by atoms with Crippen molar-refractivity contribution in [2.45, 2.75) is 32.4 Å². The second-order valence-electron chi connectivity index (χ2n) is 8.70. The van der Waals surface area contributed by atoms with Crippen molar-refractivity contribution in [2.75, 3.05) is 11.5 Å². The van der Waals surface area contributed by atoms with E-state index in [4.69, 9.17) is 9.47 Å².